The predicted octanol–water partition coefficient (Wildman–Crippen LogP) is 3.56. The summed E-state index contributed by atoms with van der Waals surface area (Å²) in [4.78, 5) is 0. The van der Waals surface area contributed by atoms with Crippen LogP contribution in [-0.4, -0.2) is 6.54 Å². The summed E-state index contributed by atoms with van der Waals surface area (Å²) < 4.78 is 18.5. The Kier molecular flexibility index (Phi) is 4.77. The highest BCUT2D eigenvalue weighted by atomic mass is 35.5. The van der Waals surface area contributed by atoms with Crippen molar-refractivity contribution >= 4 is 11.6 Å². The summed E-state index contributed by atoms with van der Waals surface area (Å²) in [6, 6.07) is 11.8. The van der Waals surface area contributed by atoms with E-state index in [4.69, 9.17) is 22.1 Å². The average Bonchev–Trinajstić information content (AvgIpc) is 2.40. The first kappa shape index (κ1) is 13.8. The lowest BCUT2D eigenvalue weighted by atomic mass is 10.1. The van der Waals surface area contributed by atoms with Crippen molar-refractivity contribution in [1.82, 2.24) is 0 Å². The van der Waals surface area contributed by atoms with E-state index in [9.17, 15) is 4.39 Å². The highest BCUT2D eigenvalue weighted by Gasteiger charge is 2.08. The third kappa shape index (κ3) is 3.69. The lowest BCUT2D eigenvalue weighted by molar-refractivity contribution is 0.303. The van der Waals surface area contributed by atoms with Crippen molar-refractivity contribution in [1.29, 1.82) is 0 Å². The third-order valence-electron chi connectivity index (χ3n) is 2.76. The Morgan fingerprint density at radius 2 is 1.84 bits per heavy atom. The van der Waals surface area contributed by atoms with Crippen LogP contribution >= 0.6 is 11.6 Å². The lowest BCUT2D eigenvalue weighted by Crippen LogP contribution is -2.06. The zero-order chi connectivity index (χ0) is 13.7. The van der Waals surface area contributed by atoms with Crippen molar-refractivity contribution in [2.45, 2.75) is 13.0 Å². The number of halogens is 2. The molecule has 0 aliphatic rings. The van der Waals surface area contributed by atoms with E-state index in [2.05, 4.69) is 0 Å². The van der Waals surface area contributed by atoms with Gasteiger partial charge in [-0.1, -0.05) is 35.9 Å². The van der Waals surface area contributed by atoms with E-state index in [0.717, 1.165) is 11.1 Å². The Hall–Kier alpha value is -1.58. The topological polar surface area (TPSA) is 35.2 Å². The molecule has 0 atom stereocenters. The second-order valence-electron chi connectivity index (χ2n) is 4.18. The molecule has 4 heteroatoms. The number of para-hydroxylation sites is 1. The fourth-order valence-electron chi connectivity index (χ4n) is 1.80. The number of ether oxygens (including phenoxy) is 1. The molecule has 0 aliphatic heterocycles. The van der Waals surface area contributed by atoms with Crippen molar-refractivity contribution in [2.75, 3.05) is 6.54 Å². The molecule has 0 heterocycles. The summed E-state index contributed by atoms with van der Waals surface area (Å²) in [6.07, 6.45) is 0.708. The maximum Gasteiger partial charge on any atom is 0.141 e. The Morgan fingerprint density at radius 1 is 1.11 bits per heavy atom. The molecule has 2 rings (SSSR count). The van der Waals surface area contributed by atoms with Crippen LogP contribution in [0.15, 0.2) is 42.5 Å². The first-order valence-corrected chi connectivity index (χ1v) is 6.43. The molecule has 2 N–H and O–H groups in total. The number of hydrogen-bond donors (Lipinski definition) is 1. The largest absolute Gasteiger partial charge is 0.487 e. The van der Waals surface area contributed by atoms with Gasteiger partial charge in [-0.3, -0.25) is 0 Å². The van der Waals surface area contributed by atoms with E-state index >= 15 is 0 Å². The number of hydrogen-bond acceptors (Lipinski definition) is 2. The molecule has 0 amide bonds. The minimum Gasteiger partial charge on any atom is -0.487 e. The van der Waals surface area contributed by atoms with Crippen LogP contribution in [0.5, 0.6) is 5.75 Å². The molecule has 0 saturated heterocycles. The quantitative estimate of drug-likeness (QED) is 0.908. The van der Waals surface area contributed by atoms with Gasteiger partial charge in [0.2, 0.25) is 0 Å². The van der Waals surface area contributed by atoms with Gasteiger partial charge in [0.15, 0.2) is 0 Å². The van der Waals surface area contributed by atoms with Crippen LogP contribution in [0, 0.1) is 5.82 Å². The van der Waals surface area contributed by atoms with Gasteiger partial charge in [-0.05, 0) is 42.3 Å². The Labute approximate surface area is 117 Å². The van der Waals surface area contributed by atoms with Crippen molar-refractivity contribution < 1.29 is 9.13 Å². The van der Waals surface area contributed by atoms with Gasteiger partial charge in [0.05, 0.1) is 5.02 Å². The standard InChI is InChI=1S/C15H15ClFNO/c16-14-3-1-2-12(8-9-18)15(14)19-10-11-4-6-13(17)7-5-11/h1-7H,8-10,18H2. The number of benzene rings is 2. The van der Waals surface area contributed by atoms with E-state index in [-0.39, 0.29) is 5.82 Å². The van der Waals surface area contributed by atoms with Gasteiger partial charge in [0.25, 0.3) is 0 Å². The van der Waals surface area contributed by atoms with E-state index in [1.165, 1.54) is 12.1 Å². The van der Waals surface area contributed by atoms with Crippen LogP contribution in [0.1, 0.15) is 11.1 Å². The number of rotatable bonds is 5. The highest BCUT2D eigenvalue weighted by Crippen LogP contribution is 2.29. The van der Waals surface area contributed by atoms with Crippen molar-refractivity contribution in [3.05, 3.63) is 64.4 Å². The molecule has 0 fully saturated rings. The fourth-order valence-corrected chi connectivity index (χ4v) is 2.05. The summed E-state index contributed by atoms with van der Waals surface area (Å²) in [5, 5.41) is 0.563. The molecule has 2 nitrogen and oxygen atoms in total. The van der Waals surface area contributed by atoms with Gasteiger partial charge in [-0.2, -0.15) is 0 Å². The van der Waals surface area contributed by atoms with Crippen molar-refractivity contribution in [3.8, 4) is 5.75 Å². The van der Waals surface area contributed by atoms with E-state index in [1.54, 1.807) is 18.2 Å². The third-order valence-corrected chi connectivity index (χ3v) is 3.06. The van der Waals surface area contributed by atoms with E-state index < -0.39 is 0 Å². The summed E-state index contributed by atoms with van der Waals surface area (Å²) in [5.41, 5.74) is 7.44. The molecular weight excluding hydrogens is 265 g/mol. The van der Waals surface area contributed by atoms with E-state index in [0.29, 0.717) is 30.3 Å². The maximum atomic E-state index is 12.8. The molecule has 0 bridgehead atoms. The molecule has 19 heavy (non-hydrogen) atoms. The molecular formula is C15H15ClFNO. The monoisotopic (exact) mass is 279 g/mol. The SMILES string of the molecule is NCCc1cccc(Cl)c1OCc1ccc(F)cc1. The highest BCUT2D eigenvalue weighted by molar-refractivity contribution is 6.32. The molecule has 0 spiro atoms. The zero-order valence-corrected chi connectivity index (χ0v) is 11.2. The van der Waals surface area contributed by atoms with Gasteiger partial charge in [0, 0.05) is 0 Å². The van der Waals surface area contributed by atoms with Gasteiger partial charge in [0.1, 0.15) is 18.2 Å². The van der Waals surface area contributed by atoms with Gasteiger partial charge in [-0.25, -0.2) is 4.39 Å². The second-order valence-corrected chi connectivity index (χ2v) is 4.59. The molecule has 0 radical (unpaired) electrons. The Morgan fingerprint density at radius 3 is 2.53 bits per heavy atom. The van der Waals surface area contributed by atoms with Gasteiger partial charge in [-0.15, -0.1) is 0 Å². The summed E-state index contributed by atoms with van der Waals surface area (Å²) in [6.45, 7) is 0.884. The van der Waals surface area contributed by atoms with Crippen LogP contribution in [0.2, 0.25) is 5.02 Å². The molecule has 0 unspecified atom stereocenters. The molecule has 2 aromatic rings. The molecule has 2 aromatic carbocycles. The van der Waals surface area contributed by atoms with Gasteiger partial charge >= 0.3 is 0 Å². The van der Waals surface area contributed by atoms with Crippen LogP contribution in [0.3, 0.4) is 0 Å². The summed E-state index contributed by atoms with van der Waals surface area (Å²) in [7, 11) is 0. The van der Waals surface area contributed by atoms with Crippen molar-refractivity contribution in [2.24, 2.45) is 5.73 Å². The Balaban J connectivity index is 2.12. The minimum atomic E-state index is -0.259. The maximum absolute atomic E-state index is 12.8. The molecule has 0 saturated carbocycles. The average molecular weight is 280 g/mol. The van der Waals surface area contributed by atoms with Crippen LogP contribution in [0.25, 0.3) is 0 Å². The predicted molar refractivity (Wildman–Crippen MR) is 74.9 cm³/mol. The smallest absolute Gasteiger partial charge is 0.141 e. The first-order chi connectivity index (χ1) is 9.20. The van der Waals surface area contributed by atoms with Crippen molar-refractivity contribution in [3.63, 3.8) is 0 Å². The van der Waals surface area contributed by atoms with Crippen LogP contribution in [-0.2, 0) is 13.0 Å². The Bertz CT molecular complexity index is 542. The van der Waals surface area contributed by atoms with Gasteiger partial charge < -0.3 is 10.5 Å². The fraction of sp³-hybridized carbons (Fsp3) is 0.200. The second kappa shape index (κ2) is 6.55. The zero-order valence-electron chi connectivity index (χ0n) is 10.4. The first-order valence-electron chi connectivity index (χ1n) is 6.05. The van der Waals surface area contributed by atoms with E-state index in [1.807, 2.05) is 12.1 Å². The number of nitrogens with two attached hydrogens (primary N) is 1. The molecule has 0 aromatic heterocycles. The molecule has 100 valence electrons. The van der Waals surface area contributed by atoms with Crippen LogP contribution in [0.4, 0.5) is 4.39 Å². The molecule has 0 aliphatic carbocycles. The lowest BCUT2D eigenvalue weighted by Gasteiger charge is -2.12. The van der Waals surface area contributed by atoms with Crippen LogP contribution < -0.4 is 10.5 Å². The normalized spacial score (nSPS) is 10.5. The minimum absolute atomic E-state index is 0.259. The summed E-state index contributed by atoms with van der Waals surface area (Å²) >= 11 is 6.13. The summed E-state index contributed by atoms with van der Waals surface area (Å²) in [5.74, 6) is 0.393.